The average Bonchev–Trinajstić information content (AvgIpc) is 2.45. The van der Waals surface area contributed by atoms with Crippen molar-refractivity contribution in [2.45, 2.75) is 44.2 Å². The molecule has 3 N–H and O–H groups in total. The van der Waals surface area contributed by atoms with Gasteiger partial charge in [0.2, 0.25) is 0 Å². The largest absolute Gasteiger partial charge is 0.481 e. The molecule has 21 heavy (non-hydrogen) atoms. The molecular weight excluding hydrogens is 280 g/mol. The van der Waals surface area contributed by atoms with Crippen LogP contribution in [0.2, 0.25) is 0 Å². The fourth-order valence-electron chi connectivity index (χ4n) is 2.20. The van der Waals surface area contributed by atoms with Gasteiger partial charge < -0.3 is 25.2 Å². The first-order chi connectivity index (χ1) is 9.91. The lowest BCUT2D eigenvalue weighted by atomic mass is 10.1. The molecule has 0 spiro atoms. The predicted octanol–water partition coefficient (Wildman–Crippen LogP) is 0.515. The molecule has 1 heterocycles. The van der Waals surface area contributed by atoms with Gasteiger partial charge >= 0.3 is 18.0 Å². The molecule has 0 aromatic rings. The Morgan fingerprint density at radius 2 is 1.90 bits per heavy atom. The fourth-order valence-corrected chi connectivity index (χ4v) is 2.20. The number of carbonyl (C=O) groups is 3. The van der Waals surface area contributed by atoms with Crippen LogP contribution in [-0.2, 0) is 14.3 Å². The number of nitrogens with one attached hydrogen (secondary N) is 1. The number of carbonyl (C=O) groups excluding carboxylic acids is 1. The van der Waals surface area contributed by atoms with Gasteiger partial charge in [0.25, 0.3) is 0 Å². The molecule has 8 nitrogen and oxygen atoms in total. The smallest absolute Gasteiger partial charge is 0.326 e. The first-order valence-corrected chi connectivity index (χ1v) is 6.97. The number of aliphatic carboxylic acids is 2. The highest BCUT2D eigenvalue weighted by Crippen LogP contribution is 2.13. The Morgan fingerprint density at radius 3 is 2.43 bits per heavy atom. The Bertz CT molecular complexity index is 381. The molecular formula is C13H22N2O6. The second kappa shape index (κ2) is 8.46. The lowest BCUT2D eigenvalue weighted by Gasteiger charge is -2.32. The van der Waals surface area contributed by atoms with Crippen molar-refractivity contribution in [3.05, 3.63) is 0 Å². The first kappa shape index (κ1) is 17.2. The van der Waals surface area contributed by atoms with Gasteiger partial charge in [0.05, 0.1) is 0 Å². The molecule has 0 bridgehead atoms. The summed E-state index contributed by atoms with van der Waals surface area (Å²) in [4.78, 5) is 35.1. The number of carboxylic acids is 2. The van der Waals surface area contributed by atoms with Crippen LogP contribution in [0.3, 0.4) is 0 Å². The molecule has 0 aliphatic carbocycles. The van der Waals surface area contributed by atoms with Crippen molar-refractivity contribution < 1.29 is 29.3 Å². The van der Waals surface area contributed by atoms with Crippen molar-refractivity contribution in [1.29, 1.82) is 0 Å². The Hall–Kier alpha value is -1.83. The van der Waals surface area contributed by atoms with Crippen LogP contribution in [0.1, 0.15) is 32.1 Å². The zero-order valence-corrected chi connectivity index (χ0v) is 12.1. The second-order valence-electron chi connectivity index (χ2n) is 5.08. The molecule has 0 aromatic carbocycles. The van der Waals surface area contributed by atoms with Crippen molar-refractivity contribution in [3.63, 3.8) is 0 Å². The van der Waals surface area contributed by atoms with Crippen molar-refractivity contribution in [2.75, 3.05) is 20.3 Å². The number of hydrogen-bond acceptors (Lipinski definition) is 4. The van der Waals surface area contributed by atoms with Crippen molar-refractivity contribution in [2.24, 2.45) is 0 Å². The molecule has 1 fully saturated rings. The molecule has 1 aliphatic heterocycles. The maximum Gasteiger partial charge on any atom is 0.326 e. The summed E-state index contributed by atoms with van der Waals surface area (Å²) >= 11 is 0. The van der Waals surface area contributed by atoms with Gasteiger partial charge in [-0.15, -0.1) is 0 Å². The standard InChI is InChI=1S/C13H22N2O6/c1-15(9-5-7-21-8-6-9)13(20)14-10(12(18)19)3-2-4-11(16)17/h9-10H,2-8H2,1H3,(H,14,20)(H,16,17)(H,18,19)/t10-/m1/s1. The fraction of sp³-hybridized carbons (Fsp3) is 0.769. The zero-order valence-electron chi connectivity index (χ0n) is 12.1. The van der Waals surface area contributed by atoms with Gasteiger partial charge in [-0.1, -0.05) is 0 Å². The number of carboxylic acid groups (broad SMARTS) is 2. The summed E-state index contributed by atoms with van der Waals surface area (Å²) in [6.07, 6.45) is 1.62. The molecule has 2 amide bonds. The number of ether oxygens (including phenoxy) is 1. The quantitative estimate of drug-likeness (QED) is 0.631. The Kier molecular flexibility index (Phi) is 6.93. The van der Waals surface area contributed by atoms with Crippen molar-refractivity contribution in [3.8, 4) is 0 Å². The van der Waals surface area contributed by atoms with Gasteiger partial charge in [-0.25, -0.2) is 9.59 Å². The van der Waals surface area contributed by atoms with Crippen LogP contribution in [0.15, 0.2) is 0 Å². The zero-order chi connectivity index (χ0) is 15.8. The number of urea groups is 1. The summed E-state index contributed by atoms with van der Waals surface area (Å²) in [5.74, 6) is -2.14. The average molecular weight is 302 g/mol. The highest BCUT2D eigenvalue weighted by molar-refractivity contribution is 5.82. The van der Waals surface area contributed by atoms with Gasteiger partial charge in [-0.2, -0.15) is 0 Å². The lowest BCUT2D eigenvalue weighted by molar-refractivity contribution is -0.140. The highest BCUT2D eigenvalue weighted by Gasteiger charge is 2.26. The number of amides is 2. The molecule has 1 aliphatic rings. The van der Waals surface area contributed by atoms with Crippen LogP contribution >= 0.6 is 0 Å². The Balaban J connectivity index is 2.46. The summed E-state index contributed by atoms with van der Waals surface area (Å²) in [6, 6.07) is -1.49. The summed E-state index contributed by atoms with van der Waals surface area (Å²) in [7, 11) is 1.63. The molecule has 0 aromatic heterocycles. The van der Waals surface area contributed by atoms with Crippen LogP contribution in [0.5, 0.6) is 0 Å². The van der Waals surface area contributed by atoms with Gasteiger partial charge in [-0.3, -0.25) is 4.79 Å². The van der Waals surface area contributed by atoms with Crippen LogP contribution in [0.25, 0.3) is 0 Å². The van der Waals surface area contributed by atoms with E-state index in [1.807, 2.05) is 0 Å². The van der Waals surface area contributed by atoms with Gasteiger partial charge in [-0.05, 0) is 25.7 Å². The van der Waals surface area contributed by atoms with Gasteiger partial charge in [0.15, 0.2) is 0 Å². The third kappa shape index (κ3) is 5.99. The molecule has 1 atom stereocenters. The lowest BCUT2D eigenvalue weighted by Crippen LogP contribution is -2.50. The maximum atomic E-state index is 12.0. The SMILES string of the molecule is CN(C(=O)N[C@H](CCCC(=O)O)C(=O)O)C1CCOCC1. The Labute approximate surface area is 123 Å². The van der Waals surface area contributed by atoms with Crippen molar-refractivity contribution in [1.82, 2.24) is 10.2 Å². The third-order valence-electron chi connectivity index (χ3n) is 3.54. The summed E-state index contributed by atoms with van der Waals surface area (Å²) in [5, 5.41) is 20.1. The minimum Gasteiger partial charge on any atom is -0.481 e. The van der Waals surface area contributed by atoms with Crippen LogP contribution < -0.4 is 5.32 Å². The third-order valence-corrected chi connectivity index (χ3v) is 3.54. The van der Waals surface area contributed by atoms with E-state index in [1.165, 1.54) is 4.90 Å². The topological polar surface area (TPSA) is 116 Å². The van der Waals surface area contributed by atoms with Gasteiger partial charge in [0.1, 0.15) is 6.04 Å². The molecule has 0 saturated carbocycles. The van der Waals surface area contributed by atoms with E-state index in [4.69, 9.17) is 14.9 Å². The summed E-state index contributed by atoms with van der Waals surface area (Å²) in [5.41, 5.74) is 0. The monoisotopic (exact) mass is 302 g/mol. The van der Waals surface area contributed by atoms with Gasteiger partial charge in [0, 0.05) is 32.7 Å². The summed E-state index contributed by atoms with van der Waals surface area (Å²) in [6.45, 7) is 1.17. The van der Waals surface area contributed by atoms with Crippen molar-refractivity contribution >= 4 is 18.0 Å². The Morgan fingerprint density at radius 1 is 1.29 bits per heavy atom. The van der Waals surface area contributed by atoms with Crippen LogP contribution in [0, 0.1) is 0 Å². The highest BCUT2D eigenvalue weighted by atomic mass is 16.5. The van der Waals surface area contributed by atoms with Crippen LogP contribution in [0.4, 0.5) is 4.79 Å². The minimum atomic E-state index is -1.16. The number of nitrogens with zero attached hydrogens (tertiary/aromatic N) is 1. The molecule has 0 radical (unpaired) electrons. The van der Waals surface area contributed by atoms with Crippen LogP contribution in [-0.4, -0.2) is 65.4 Å². The predicted molar refractivity (Wildman–Crippen MR) is 73.0 cm³/mol. The van der Waals surface area contributed by atoms with E-state index in [0.29, 0.717) is 13.2 Å². The first-order valence-electron chi connectivity index (χ1n) is 6.97. The maximum absolute atomic E-state index is 12.0. The normalized spacial score (nSPS) is 17.0. The van der Waals surface area contributed by atoms with E-state index in [-0.39, 0.29) is 25.3 Å². The minimum absolute atomic E-state index is 0.0345. The molecule has 1 rings (SSSR count). The van der Waals surface area contributed by atoms with E-state index < -0.39 is 24.0 Å². The number of rotatable bonds is 7. The molecule has 120 valence electrons. The molecule has 8 heteroatoms. The van der Waals surface area contributed by atoms with E-state index in [9.17, 15) is 14.4 Å². The number of hydrogen-bond donors (Lipinski definition) is 3. The summed E-state index contributed by atoms with van der Waals surface area (Å²) < 4.78 is 5.22. The second-order valence-corrected chi connectivity index (χ2v) is 5.08. The van der Waals surface area contributed by atoms with E-state index >= 15 is 0 Å². The van der Waals surface area contributed by atoms with E-state index in [0.717, 1.165) is 12.8 Å². The molecule has 0 unspecified atom stereocenters. The molecule has 1 saturated heterocycles. The van der Waals surface area contributed by atoms with E-state index in [1.54, 1.807) is 7.05 Å². The van der Waals surface area contributed by atoms with E-state index in [2.05, 4.69) is 5.32 Å².